The zero-order chi connectivity index (χ0) is 26.4. The van der Waals surface area contributed by atoms with Gasteiger partial charge in [-0.2, -0.15) is 0 Å². The van der Waals surface area contributed by atoms with Crippen molar-refractivity contribution in [1.82, 2.24) is 10.3 Å². The Kier molecular flexibility index (Phi) is 6.38. The summed E-state index contributed by atoms with van der Waals surface area (Å²) >= 11 is 1.44. The molecule has 3 heterocycles. The van der Waals surface area contributed by atoms with Gasteiger partial charge < -0.3 is 15.4 Å². The predicted molar refractivity (Wildman–Crippen MR) is 149 cm³/mol. The molecule has 1 aliphatic rings. The van der Waals surface area contributed by atoms with Crippen molar-refractivity contribution in [2.75, 3.05) is 11.9 Å². The molecule has 0 atom stereocenters. The van der Waals surface area contributed by atoms with E-state index >= 15 is 0 Å². The Balaban J connectivity index is 1.62. The maximum Gasteiger partial charge on any atom is 0.341 e. The molecule has 0 spiro atoms. The zero-order valence-corrected chi connectivity index (χ0v) is 22.6. The molecule has 2 aromatic heterocycles. The number of thiophene rings is 1. The van der Waals surface area contributed by atoms with Gasteiger partial charge in [0.15, 0.2) is 0 Å². The Labute approximate surface area is 221 Å². The molecule has 190 valence electrons. The molecule has 7 heteroatoms. The summed E-state index contributed by atoms with van der Waals surface area (Å²) in [6, 6.07) is 19.2. The lowest BCUT2D eigenvalue weighted by Gasteiger charge is -2.42. The van der Waals surface area contributed by atoms with Gasteiger partial charge in [0.05, 0.1) is 28.9 Å². The summed E-state index contributed by atoms with van der Waals surface area (Å²) in [6.45, 7) is 10.5. The fourth-order valence-electron chi connectivity index (χ4n) is 5.33. The lowest BCUT2D eigenvalue weighted by atomic mass is 9.81. The summed E-state index contributed by atoms with van der Waals surface area (Å²) in [5.74, 6) is -0.696. The lowest BCUT2D eigenvalue weighted by Crippen LogP contribution is -2.55. The van der Waals surface area contributed by atoms with Gasteiger partial charge in [-0.05, 0) is 58.7 Å². The van der Waals surface area contributed by atoms with Gasteiger partial charge in [-0.15, -0.1) is 11.3 Å². The van der Waals surface area contributed by atoms with Gasteiger partial charge in [0.1, 0.15) is 5.00 Å². The largest absolute Gasteiger partial charge is 0.462 e. The molecular formula is C30H31N3O3S. The van der Waals surface area contributed by atoms with Crippen LogP contribution in [-0.4, -0.2) is 29.0 Å². The van der Waals surface area contributed by atoms with Crippen LogP contribution >= 0.6 is 11.3 Å². The van der Waals surface area contributed by atoms with E-state index in [1.807, 2.05) is 60.7 Å². The number of amides is 1. The third-order valence-electron chi connectivity index (χ3n) is 6.58. The summed E-state index contributed by atoms with van der Waals surface area (Å²) in [4.78, 5) is 32.9. The van der Waals surface area contributed by atoms with Crippen LogP contribution in [-0.2, 0) is 16.7 Å². The first-order chi connectivity index (χ1) is 17.6. The molecule has 0 radical (unpaired) electrons. The molecule has 1 amide bonds. The van der Waals surface area contributed by atoms with Crippen molar-refractivity contribution in [3.8, 4) is 11.3 Å². The molecule has 1 aliphatic heterocycles. The van der Waals surface area contributed by atoms with E-state index in [4.69, 9.17) is 9.72 Å². The third-order valence-corrected chi connectivity index (χ3v) is 8.05. The maximum atomic E-state index is 13.8. The number of para-hydroxylation sites is 1. The van der Waals surface area contributed by atoms with Gasteiger partial charge in [-0.3, -0.25) is 4.79 Å². The standard InChI is InChI=1S/C30H31N3O3S/c1-6-36-28(35)24-21-17-29(2,3)33-30(4,5)25(21)37-27(24)32-26(34)20-16-23(18-12-8-7-9-13-18)31-22-15-11-10-14-19(20)22/h7-16,33H,6,17H2,1-5H3,(H,32,34). The number of anilines is 1. The van der Waals surface area contributed by atoms with Crippen molar-refractivity contribution in [3.05, 3.63) is 82.2 Å². The van der Waals surface area contributed by atoms with Crippen LogP contribution in [0.4, 0.5) is 5.00 Å². The zero-order valence-electron chi connectivity index (χ0n) is 21.8. The summed E-state index contributed by atoms with van der Waals surface area (Å²) in [5.41, 5.74) is 3.70. The number of carbonyl (C=O) groups excluding carboxylic acids is 2. The van der Waals surface area contributed by atoms with E-state index in [1.54, 1.807) is 6.92 Å². The number of aromatic nitrogens is 1. The lowest BCUT2D eigenvalue weighted by molar-refractivity contribution is 0.0525. The van der Waals surface area contributed by atoms with Crippen LogP contribution in [0.15, 0.2) is 60.7 Å². The second-order valence-electron chi connectivity index (χ2n) is 10.5. The van der Waals surface area contributed by atoms with Crippen LogP contribution in [0.1, 0.15) is 65.8 Å². The van der Waals surface area contributed by atoms with Crippen molar-refractivity contribution in [2.24, 2.45) is 0 Å². The number of nitrogens with one attached hydrogen (secondary N) is 2. The van der Waals surface area contributed by atoms with Gasteiger partial charge in [0, 0.05) is 26.9 Å². The maximum absolute atomic E-state index is 13.8. The van der Waals surface area contributed by atoms with Crippen LogP contribution < -0.4 is 10.6 Å². The first kappa shape index (κ1) is 25.1. The highest BCUT2D eigenvalue weighted by Crippen LogP contribution is 2.45. The normalized spacial score (nSPS) is 15.7. The fraction of sp³-hybridized carbons (Fsp3) is 0.300. The van der Waals surface area contributed by atoms with Gasteiger partial charge in [-0.1, -0.05) is 48.5 Å². The summed E-state index contributed by atoms with van der Waals surface area (Å²) in [5, 5.41) is 8.02. The van der Waals surface area contributed by atoms with Crippen molar-refractivity contribution in [1.29, 1.82) is 0 Å². The van der Waals surface area contributed by atoms with Crippen molar-refractivity contribution in [2.45, 2.75) is 52.1 Å². The number of rotatable bonds is 5. The number of hydrogen-bond acceptors (Lipinski definition) is 6. The van der Waals surface area contributed by atoms with E-state index in [1.165, 1.54) is 11.3 Å². The van der Waals surface area contributed by atoms with Crippen LogP contribution in [0.5, 0.6) is 0 Å². The Morgan fingerprint density at radius 1 is 1.05 bits per heavy atom. The Hall–Kier alpha value is -3.55. The Morgan fingerprint density at radius 2 is 1.76 bits per heavy atom. The van der Waals surface area contributed by atoms with E-state index < -0.39 is 5.97 Å². The molecule has 37 heavy (non-hydrogen) atoms. The van der Waals surface area contributed by atoms with E-state index in [-0.39, 0.29) is 23.6 Å². The second kappa shape index (κ2) is 9.39. The summed E-state index contributed by atoms with van der Waals surface area (Å²) in [6.07, 6.45) is 0.655. The van der Waals surface area contributed by atoms with E-state index in [9.17, 15) is 9.59 Å². The average molecular weight is 514 g/mol. The molecule has 6 nitrogen and oxygen atoms in total. The van der Waals surface area contributed by atoms with E-state index in [2.05, 4.69) is 38.3 Å². The van der Waals surface area contributed by atoms with Crippen LogP contribution in [0.3, 0.4) is 0 Å². The first-order valence-electron chi connectivity index (χ1n) is 12.5. The molecule has 0 fully saturated rings. The number of hydrogen-bond donors (Lipinski definition) is 2. The quantitative estimate of drug-likeness (QED) is 0.296. The van der Waals surface area contributed by atoms with Crippen molar-refractivity contribution >= 4 is 39.1 Å². The monoisotopic (exact) mass is 513 g/mol. The molecule has 4 aromatic rings. The molecule has 0 unspecified atom stereocenters. The topological polar surface area (TPSA) is 80.3 Å². The minimum atomic E-state index is -0.409. The number of esters is 1. The minimum absolute atomic E-state index is 0.216. The molecular weight excluding hydrogens is 482 g/mol. The highest BCUT2D eigenvalue weighted by Gasteiger charge is 2.42. The number of fused-ring (bicyclic) bond motifs is 2. The fourth-order valence-corrected chi connectivity index (χ4v) is 6.59. The number of pyridine rings is 1. The van der Waals surface area contributed by atoms with Gasteiger partial charge in [0.2, 0.25) is 0 Å². The first-order valence-corrected chi connectivity index (χ1v) is 13.3. The number of nitrogens with zero attached hydrogens (tertiary/aromatic N) is 1. The van der Waals surface area contributed by atoms with E-state index in [0.29, 0.717) is 28.2 Å². The summed E-state index contributed by atoms with van der Waals surface area (Å²) in [7, 11) is 0. The molecule has 2 aromatic carbocycles. The third kappa shape index (κ3) is 4.77. The van der Waals surface area contributed by atoms with Crippen LogP contribution in [0.25, 0.3) is 22.2 Å². The molecule has 0 bridgehead atoms. The predicted octanol–water partition coefficient (Wildman–Crippen LogP) is 6.55. The van der Waals surface area contributed by atoms with Crippen LogP contribution in [0, 0.1) is 0 Å². The SMILES string of the molecule is CCOC(=O)c1c(NC(=O)c2cc(-c3ccccc3)nc3ccccc23)sc2c1CC(C)(C)NC2(C)C. The molecule has 5 rings (SSSR count). The smallest absolute Gasteiger partial charge is 0.341 e. The van der Waals surface area contributed by atoms with Crippen LogP contribution in [0.2, 0.25) is 0 Å². The van der Waals surface area contributed by atoms with Gasteiger partial charge in [0.25, 0.3) is 5.91 Å². The second-order valence-corrected chi connectivity index (χ2v) is 11.6. The molecule has 2 N–H and O–H groups in total. The molecule has 0 aliphatic carbocycles. The molecule has 0 saturated carbocycles. The summed E-state index contributed by atoms with van der Waals surface area (Å²) < 4.78 is 5.45. The number of benzene rings is 2. The van der Waals surface area contributed by atoms with Gasteiger partial charge in [-0.25, -0.2) is 9.78 Å². The average Bonchev–Trinajstić information content (AvgIpc) is 3.21. The minimum Gasteiger partial charge on any atom is -0.462 e. The number of ether oxygens (including phenoxy) is 1. The van der Waals surface area contributed by atoms with Crippen molar-refractivity contribution in [3.63, 3.8) is 0 Å². The highest BCUT2D eigenvalue weighted by atomic mass is 32.1. The number of carbonyl (C=O) groups is 2. The van der Waals surface area contributed by atoms with Crippen molar-refractivity contribution < 1.29 is 14.3 Å². The van der Waals surface area contributed by atoms with Gasteiger partial charge >= 0.3 is 5.97 Å². The Bertz CT molecular complexity index is 1510. The molecule has 0 saturated heterocycles. The highest BCUT2D eigenvalue weighted by molar-refractivity contribution is 7.17. The Morgan fingerprint density at radius 3 is 2.49 bits per heavy atom. The van der Waals surface area contributed by atoms with E-state index in [0.717, 1.165) is 26.9 Å².